The minimum absolute atomic E-state index is 0.0148. The number of aliphatic hydroxyl groups excluding tert-OH is 1. The van der Waals surface area contributed by atoms with Crippen LogP contribution in [0.15, 0.2) is 48.5 Å². The van der Waals surface area contributed by atoms with Gasteiger partial charge in [0.05, 0.1) is 0 Å². The lowest BCUT2D eigenvalue weighted by Gasteiger charge is -2.23. The molecule has 2 aromatic carbocycles. The second kappa shape index (κ2) is 10.9. The van der Waals surface area contributed by atoms with Gasteiger partial charge in [0.25, 0.3) is 0 Å². The summed E-state index contributed by atoms with van der Waals surface area (Å²) < 4.78 is 11.2. The molecule has 2 unspecified atom stereocenters. The first-order valence-corrected chi connectivity index (χ1v) is 11.9. The van der Waals surface area contributed by atoms with E-state index in [1.165, 1.54) is 16.7 Å². The zero-order valence-corrected chi connectivity index (χ0v) is 19.5. The molecule has 2 aromatic rings. The van der Waals surface area contributed by atoms with E-state index in [1.54, 1.807) is 4.90 Å². The maximum Gasteiger partial charge on any atom is 0.227 e. The van der Waals surface area contributed by atoms with E-state index in [0.29, 0.717) is 44.2 Å². The SMILES string of the molecule is CCCC=C(CCNC(O)C1CC(=O)N(c2ccc3c(c2)OCCO3)C1)c1ccccc1C. The van der Waals surface area contributed by atoms with Crippen molar-refractivity contribution in [3.05, 3.63) is 59.7 Å². The monoisotopic (exact) mass is 450 g/mol. The Kier molecular flexibility index (Phi) is 7.68. The van der Waals surface area contributed by atoms with Crippen LogP contribution < -0.4 is 19.7 Å². The molecule has 0 spiro atoms. The maximum atomic E-state index is 12.7. The number of carbonyl (C=O) groups is 1. The van der Waals surface area contributed by atoms with Crippen LogP contribution in [0.2, 0.25) is 0 Å². The molecule has 0 aromatic heterocycles. The zero-order valence-electron chi connectivity index (χ0n) is 19.5. The van der Waals surface area contributed by atoms with Gasteiger partial charge in [-0.05, 0) is 48.6 Å². The fraction of sp³-hybridized carbons (Fsp3) is 0.444. The summed E-state index contributed by atoms with van der Waals surface area (Å²) >= 11 is 0. The van der Waals surface area contributed by atoms with Crippen LogP contribution in [0.3, 0.4) is 0 Å². The highest BCUT2D eigenvalue weighted by atomic mass is 16.6. The quantitative estimate of drug-likeness (QED) is 0.558. The number of allylic oxidation sites excluding steroid dienone is 1. The van der Waals surface area contributed by atoms with Crippen molar-refractivity contribution in [1.29, 1.82) is 0 Å². The highest BCUT2D eigenvalue weighted by Crippen LogP contribution is 2.36. The van der Waals surface area contributed by atoms with Crippen molar-refractivity contribution >= 4 is 17.2 Å². The van der Waals surface area contributed by atoms with E-state index in [-0.39, 0.29) is 11.8 Å². The Balaban J connectivity index is 1.34. The molecule has 2 heterocycles. The number of amides is 1. The number of carbonyl (C=O) groups excluding carboxylic acids is 1. The van der Waals surface area contributed by atoms with E-state index in [0.717, 1.165) is 24.9 Å². The molecule has 1 amide bonds. The van der Waals surface area contributed by atoms with E-state index in [1.807, 2.05) is 18.2 Å². The zero-order chi connectivity index (χ0) is 23.2. The normalized spacial score (nSPS) is 19.1. The first kappa shape index (κ1) is 23.3. The van der Waals surface area contributed by atoms with Crippen LogP contribution in [0.25, 0.3) is 5.57 Å². The van der Waals surface area contributed by atoms with E-state index in [2.05, 4.69) is 49.5 Å². The van der Waals surface area contributed by atoms with Crippen LogP contribution in [0.4, 0.5) is 5.69 Å². The third-order valence-corrected chi connectivity index (χ3v) is 6.36. The van der Waals surface area contributed by atoms with Crippen LogP contribution in [0, 0.1) is 12.8 Å². The Morgan fingerprint density at radius 2 is 2.00 bits per heavy atom. The number of fused-ring (bicyclic) bond motifs is 1. The van der Waals surface area contributed by atoms with Gasteiger partial charge in [0, 0.05) is 37.2 Å². The molecule has 0 bridgehead atoms. The summed E-state index contributed by atoms with van der Waals surface area (Å²) in [6.07, 6.45) is 4.85. The molecule has 6 nitrogen and oxygen atoms in total. The molecule has 1 saturated heterocycles. The molecule has 2 atom stereocenters. The molecule has 4 rings (SSSR count). The average molecular weight is 451 g/mol. The van der Waals surface area contributed by atoms with Gasteiger partial charge in [0.2, 0.25) is 5.91 Å². The molecular formula is C27H34N2O4. The minimum atomic E-state index is -0.736. The van der Waals surface area contributed by atoms with Crippen molar-refractivity contribution in [3.8, 4) is 11.5 Å². The van der Waals surface area contributed by atoms with Gasteiger partial charge in [0.15, 0.2) is 11.5 Å². The van der Waals surface area contributed by atoms with Crippen molar-refractivity contribution in [2.24, 2.45) is 5.92 Å². The third kappa shape index (κ3) is 5.57. The van der Waals surface area contributed by atoms with Gasteiger partial charge in [-0.15, -0.1) is 0 Å². The summed E-state index contributed by atoms with van der Waals surface area (Å²) in [6, 6.07) is 14.0. The molecule has 6 heteroatoms. The molecule has 0 radical (unpaired) electrons. The van der Waals surface area contributed by atoms with Gasteiger partial charge in [-0.25, -0.2) is 0 Å². The van der Waals surface area contributed by atoms with Gasteiger partial charge in [-0.1, -0.05) is 43.7 Å². The number of unbranched alkanes of at least 4 members (excludes halogenated alkanes) is 1. The lowest BCUT2D eigenvalue weighted by molar-refractivity contribution is -0.117. The van der Waals surface area contributed by atoms with E-state index >= 15 is 0 Å². The Bertz CT molecular complexity index is 1000. The summed E-state index contributed by atoms with van der Waals surface area (Å²) in [4.78, 5) is 14.4. The summed E-state index contributed by atoms with van der Waals surface area (Å²) in [7, 11) is 0. The summed E-state index contributed by atoms with van der Waals surface area (Å²) in [5.41, 5.74) is 4.61. The van der Waals surface area contributed by atoms with Crippen LogP contribution in [0.5, 0.6) is 11.5 Å². The molecule has 176 valence electrons. The van der Waals surface area contributed by atoms with Crippen LogP contribution in [-0.4, -0.2) is 43.5 Å². The molecular weight excluding hydrogens is 416 g/mol. The molecule has 0 aliphatic carbocycles. The largest absolute Gasteiger partial charge is 0.486 e. The highest BCUT2D eigenvalue weighted by molar-refractivity contribution is 5.96. The van der Waals surface area contributed by atoms with Crippen LogP contribution >= 0.6 is 0 Å². The van der Waals surface area contributed by atoms with Crippen molar-refractivity contribution < 1.29 is 19.4 Å². The highest BCUT2D eigenvalue weighted by Gasteiger charge is 2.35. The number of hydrogen-bond donors (Lipinski definition) is 2. The third-order valence-electron chi connectivity index (χ3n) is 6.36. The molecule has 2 N–H and O–H groups in total. The van der Waals surface area contributed by atoms with Gasteiger partial charge in [0.1, 0.15) is 19.4 Å². The van der Waals surface area contributed by atoms with Gasteiger partial charge in [-0.3, -0.25) is 10.1 Å². The van der Waals surface area contributed by atoms with E-state index in [9.17, 15) is 9.90 Å². The predicted octanol–water partition coefficient (Wildman–Crippen LogP) is 4.30. The standard InChI is InChI=1S/C27H34N2O4/c1-3-4-8-20(23-9-6-5-7-19(23)2)12-13-28-27(31)21-16-26(30)29(18-21)22-10-11-24-25(17-22)33-15-14-32-24/h5-11,17,21,27-28,31H,3-4,12-16,18H2,1-2H3. The minimum Gasteiger partial charge on any atom is -0.486 e. The number of benzene rings is 2. The van der Waals surface area contributed by atoms with Crippen molar-refractivity contribution in [3.63, 3.8) is 0 Å². The first-order chi connectivity index (χ1) is 16.1. The predicted molar refractivity (Wildman–Crippen MR) is 131 cm³/mol. The number of hydrogen-bond acceptors (Lipinski definition) is 5. The molecule has 2 aliphatic heterocycles. The van der Waals surface area contributed by atoms with E-state index in [4.69, 9.17) is 9.47 Å². The number of rotatable bonds is 9. The number of nitrogens with zero attached hydrogens (tertiary/aromatic N) is 1. The molecule has 1 fully saturated rings. The number of ether oxygens (including phenoxy) is 2. The Labute approximate surface area is 196 Å². The van der Waals surface area contributed by atoms with E-state index < -0.39 is 6.23 Å². The molecule has 2 aliphatic rings. The second-order valence-corrected chi connectivity index (χ2v) is 8.78. The van der Waals surface area contributed by atoms with Gasteiger partial charge >= 0.3 is 0 Å². The topological polar surface area (TPSA) is 71.0 Å². The molecule has 33 heavy (non-hydrogen) atoms. The van der Waals surface area contributed by atoms with Crippen LogP contribution in [-0.2, 0) is 4.79 Å². The lowest BCUT2D eigenvalue weighted by Crippen LogP contribution is -2.38. The van der Waals surface area contributed by atoms with Gasteiger partial charge in [-0.2, -0.15) is 0 Å². The Morgan fingerprint density at radius 1 is 1.21 bits per heavy atom. The van der Waals surface area contributed by atoms with Crippen molar-refractivity contribution in [1.82, 2.24) is 5.32 Å². The van der Waals surface area contributed by atoms with Crippen molar-refractivity contribution in [2.45, 2.75) is 45.8 Å². The van der Waals surface area contributed by atoms with Crippen LogP contribution in [0.1, 0.15) is 43.7 Å². The Morgan fingerprint density at radius 3 is 2.79 bits per heavy atom. The fourth-order valence-corrected chi connectivity index (χ4v) is 4.52. The average Bonchev–Trinajstić information content (AvgIpc) is 3.23. The van der Waals surface area contributed by atoms with Gasteiger partial charge < -0.3 is 19.5 Å². The number of nitrogens with one attached hydrogen (secondary N) is 1. The number of aliphatic hydroxyl groups is 1. The maximum absolute atomic E-state index is 12.7. The summed E-state index contributed by atoms with van der Waals surface area (Å²) in [6.45, 7) is 6.48. The second-order valence-electron chi connectivity index (χ2n) is 8.78. The van der Waals surface area contributed by atoms with Crippen molar-refractivity contribution in [2.75, 3.05) is 31.2 Å². The summed E-state index contributed by atoms with van der Waals surface area (Å²) in [5.74, 6) is 1.22. The molecule has 0 saturated carbocycles. The number of aryl methyl sites for hydroxylation is 1. The fourth-order valence-electron chi connectivity index (χ4n) is 4.52. The Hall–Kier alpha value is -2.83. The summed E-state index contributed by atoms with van der Waals surface area (Å²) in [5, 5.41) is 14.0. The smallest absolute Gasteiger partial charge is 0.227 e. The lowest BCUT2D eigenvalue weighted by atomic mass is 9.96. The first-order valence-electron chi connectivity index (χ1n) is 11.9. The number of anilines is 1.